The van der Waals surface area contributed by atoms with Crippen molar-refractivity contribution in [3.63, 3.8) is 0 Å². The van der Waals surface area contributed by atoms with Crippen LogP contribution in [0.2, 0.25) is 5.02 Å². The Morgan fingerprint density at radius 3 is 2.45 bits per heavy atom. The number of halogens is 1. The largest absolute Gasteiger partial charge is 0.495 e. The molecule has 0 unspecified atom stereocenters. The van der Waals surface area contributed by atoms with Gasteiger partial charge in [-0.1, -0.05) is 79.9 Å². The second-order valence-electron chi connectivity index (χ2n) is 9.01. The molecule has 1 aliphatic heterocycles. The van der Waals surface area contributed by atoms with E-state index in [1.54, 1.807) is 7.11 Å². The van der Waals surface area contributed by atoms with Crippen molar-refractivity contribution in [2.24, 2.45) is 0 Å². The molecule has 4 nitrogen and oxygen atoms in total. The van der Waals surface area contributed by atoms with Crippen LogP contribution in [0.25, 0.3) is 10.8 Å². The zero-order valence-electron chi connectivity index (χ0n) is 19.7. The van der Waals surface area contributed by atoms with E-state index in [1.165, 1.54) is 5.56 Å². The molecule has 3 aromatic rings. The Bertz CT molecular complexity index is 1030. The van der Waals surface area contributed by atoms with Crippen LogP contribution in [0.5, 0.6) is 5.75 Å². The standard InChI is InChI=1S/C28H35ClN2O2/c1-3-4-10-25(31-17-15-30(16-18-31)20-21-8-6-5-7-9-21)28(32)23-11-13-24-22(19-23)12-14-26(33-2)27(24)29/h5-9,11-14,19,25,28,32H,3-4,10,15-18,20H2,1-2H3/t25-,28+/m1/s1. The molecule has 0 aromatic heterocycles. The van der Waals surface area contributed by atoms with Crippen LogP contribution >= 0.6 is 11.6 Å². The highest BCUT2D eigenvalue weighted by molar-refractivity contribution is 6.37. The molecule has 0 spiro atoms. The maximum atomic E-state index is 11.5. The average molecular weight is 467 g/mol. The summed E-state index contributed by atoms with van der Waals surface area (Å²) in [5, 5.41) is 14.1. The normalized spacial score (nSPS) is 17.2. The number of hydrogen-bond donors (Lipinski definition) is 1. The number of benzene rings is 3. The summed E-state index contributed by atoms with van der Waals surface area (Å²) in [5.41, 5.74) is 2.32. The molecule has 0 saturated carbocycles. The molecule has 3 aromatic carbocycles. The van der Waals surface area contributed by atoms with E-state index >= 15 is 0 Å². The van der Waals surface area contributed by atoms with Gasteiger partial charge in [-0.25, -0.2) is 0 Å². The summed E-state index contributed by atoms with van der Waals surface area (Å²) < 4.78 is 5.35. The summed E-state index contributed by atoms with van der Waals surface area (Å²) in [6, 6.07) is 20.8. The Labute approximate surface area is 202 Å². The van der Waals surface area contributed by atoms with Crippen molar-refractivity contribution in [2.45, 2.75) is 44.9 Å². The Morgan fingerprint density at radius 1 is 1.00 bits per heavy atom. The average Bonchev–Trinajstić information content (AvgIpc) is 2.86. The van der Waals surface area contributed by atoms with Gasteiger partial charge in [-0.05, 0) is 35.1 Å². The van der Waals surface area contributed by atoms with Crippen molar-refractivity contribution in [1.82, 2.24) is 9.80 Å². The molecule has 5 heteroatoms. The summed E-state index contributed by atoms with van der Waals surface area (Å²) in [6.07, 6.45) is 2.72. The van der Waals surface area contributed by atoms with Gasteiger partial charge in [0.2, 0.25) is 0 Å². The van der Waals surface area contributed by atoms with Gasteiger partial charge in [-0.15, -0.1) is 0 Å². The maximum Gasteiger partial charge on any atom is 0.138 e. The lowest BCUT2D eigenvalue weighted by Gasteiger charge is -2.41. The number of fused-ring (bicyclic) bond motifs is 1. The maximum absolute atomic E-state index is 11.5. The van der Waals surface area contributed by atoms with Crippen LogP contribution in [0.15, 0.2) is 60.7 Å². The Hall–Kier alpha value is -2.11. The molecular formula is C28H35ClN2O2. The van der Waals surface area contributed by atoms with Crippen LogP contribution < -0.4 is 4.74 Å². The third kappa shape index (κ3) is 5.70. The number of methoxy groups -OCH3 is 1. The van der Waals surface area contributed by atoms with Crippen molar-refractivity contribution >= 4 is 22.4 Å². The van der Waals surface area contributed by atoms with E-state index in [-0.39, 0.29) is 6.04 Å². The monoisotopic (exact) mass is 466 g/mol. The van der Waals surface area contributed by atoms with Gasteiger partial charge in [0, 0.05) is 44.2 Å². The first kappa shape index (κ1) is 24.0. The van der Waals surface area contributed by atoms with Crippen LogP contribution in [-0.4, -0.2) is 54.2 Å². The van der Waals surface area contributed by atoms with Crippen LogP contribution in [0.1, 0.15) is 43.4 Å². The van der Waals surface area contributed by atoms with Gasteiger partial charge in [-0.2, -0.15) is 0 Å². The quantitative estimate of drug-likeness (QED) is 0.425. The smallest absolute Gasteiger partial charge is 0.138 e. The number of rotatable bonds is 9. The molecule has 4 rings (SSSR count). The highest BCUT2D eigenvalue weighted by atomic mass is 35.5. The van der Waals surface area contributed by atoms with Crippen molar-refractivity contribution < 1.29 is 9.84 Å². The molecule has 1 N–H and O–H groups in total. The van der Waals surface area contributed by atoms with Gasteiger partial charge < -0.3 is 9.84 Å². The SMILES string of the molecule is CCCC[C@H]([C@@H](O)c1ccc2c(Cl)c(OC)ccc2c1)N1CCN(Cc2ccccc2)CC1. The third-order valence-corrected chi connectivity index (χ3v) is 7.24. The zero-order valence-corrected chi connectivity index (χ0v) is 20.5. The lowest BCUT2D eigenvalue weighted by atomic mass is 9.94. The second kappa shape index (κ2) is 11.3. The molecule has 0 bridgehead atoms. The van der Waals surface area contributed by atoms with Crippen molar-refractivity contribution in [2.75, 3.05) is 33.3 Å². The first-order valence-electron chi connectivity index (χ1n) is 12.0. The van der Waals surface area contributed by atoms with Crippen molar-refractivity contribution in [3.8, 4) is 5.75 Å². The van der Waals surface area contributed by atoms with Gasteiger partial charge in [0.05, 0.1) is 18.2 Å². The minimum Gasteiger partial charge on any atom is -0.495 e. The topological polar surface area (TPSA) is 35.9 Å². The molecule has 0 amide bonds. The fourth-order valence-corrected chi connectivity index (χ4v) is 5.21. The summed E-state index contributed by atoms with van der Waals surface area (Å²) >= 11 is 6.50. The fourth-order valence-electron chi connectivity index (χ4n) is 4.90. The van der Waals surface area contributed by atoms with Gasteiger partial charge in [0.1, 0.15) is 5.75 Å². The Morgan fingerprint density at radius 2 is 1.76 bits per heavy atom. The van der Waals surface area contributed by atoms with Crippen molar-refractivity contribution in [1.29, 1.82) is 0 Å². The molecule has 1 heterocycles. The lowest BCUT2D eigenvalue weighted by molar-refractivity contribution is 0.0113. The number of aliphatic hydroxyl groups excluding tert-OH is 1. The van der Waals surface area contributed by atoms with E-state index in [9.17, 15) is 5.11 Å². The summed E-state index contributed by atoms with van der Waals surface area (Å²) in [6.45, 7) is 7.22. The number of ether oxygens (including phenoxy) is 1. The van der Waals surface area contributed by atoms with Crippen LogP contribution in [-0.2, 0) is 6.54 Å². The molecule has 2 atom stereocenters. The number of piperazine rings is 1. The Kier molecular flexibility index (Phi) is 8.26. The predicted octanol–water partition coefficient (Wildman–Crippen LogP) is 5.91. The van der Waals surface area contributed by atoms with Gasteiger partial charge in [-0.3, -0.25) is 9.80 Å². The first-order chi connectivity index (χ1) is 16.1. The molecule has 1 aliphatic rings. The van der Waals surface area contributed by atoms with E-state index in [0.29, 0.717) is 10.8 Å². The van der Waals surface area contributed by atoms with E-state index in [1.807, 2.05) is 24.3 Å². The number of nitrogens with zero attached hydrogens (tertiary/aromatic N) is 2. The molecule has 1 saturated heterocycles. The van der Waals surface area contributed by atoms with Crippen LogP contribution in [0.4, 0.5) is 0 Å². The highest BCUT2D eigenvalue weighted by Gasteiger charge is 2.30. The molecule has 1 fully saturated rings. The molecule has 0 aliphatic carbocycles. The van der Waals surface area contributed by atoms with E-state index in [0.717, 1.165) is 68.3 Å². The summed E-state index contributed by atoms with van der Waals surface area (Å²) in [7, 11) is 1.63. The fraction of sp³-hybridized carbons (Fsp3) is 0.429. The minimum absolute atomic E-state index is 0.120. The lowest BCUT2D eigenvalue weighted by Crippen LogP contribution is -2.51. The predicted molar refractivity (Wildman–Crippen MR) is 137 cm³/mol. The first-order valence-corrected chi connectivity index (χ1v) is 12.4. The number of hydrogen-bond acceptors (Lipinski definition) is 4. The molecule has 0 radical (unpaired) electrons. The van der Waals surface area contributed by atoms with E-state index < -0.39 is 6.10 Å². The number of unbranched alkanes of at least 4 members (excludes halogenated alkanes) is 1. The molecular weight excluding hydrogens is 432 g/mol. The molecule has 33 heavy (non-hydrogen) atoms. The van der Waals surface area contributed by atoms with Crippen LogP contribution in [0.3, 0.4) is 0 Å². The van der Waals surface area contributed by atoms with E-state index in [4.69, 9.17) is 16.3 Å². The highest BCUT2D eigenvalue weighted by Crippen LogP contribution is 2.35. The third-order valence-electron chi connectivity index (χ3n) is 6.85. The minimum atomic E-state index is -0.525. The second-order valence-corrected chi connectivity index (χ2v) is 9.39. The van der Waals surface area contributed by atoms with Gasteiger partial charge in [0.25, 0.3) is 0 Å². The van der Waals surface area contributed by atoms with Gasteiger partial charge in [0.15, 0.2) is 0 Å². The van der Waals surface area contributed by atoms with Gasteiger partial charge >= 0.3 is 0 Å². The summed E-state index contributed by atoms with van der Waals surface area (Å²) in [5.74, 6) is 0.673. The molecule has 176 valence electrons. The Balaban J connectivity index is 1.47. The summed E-state index contributed by atoms with van der Waals surface area (Å²) in [4.78, 5) is 5.01. The number of aliphatic hydroxyl groups is 1. The van der Waals surface area contributed by atoms with E-state index in [2.05, 4.69) is 53.1 Å². The van der Waals surface area contributed by atoms with Crippen molar-refractivity contribution in [3.05, 3.63) is 76.8 Å². The van der Waals surface area contributed by atoms with Crippen LogP contribution in [0, 0.1) is 0 Å². The zero-order chi connectivity index (χ0) is 23.2.